The Kier molecular flexibility index (Phi) is 5.26. The highest BCUT2D eigenvalue weighted by Crippen LogP contribution is 2.29. The van der Waals surface area contributed by atoms with Crippen LogP contribution in [0.2, 0.25) is 0 Å². The van der Waals surface area contributed by atoms with E-state index in [0.717, 1.165) is 54.5 Å². The van der Waals surface area contributed by atoms with Gasteiger partial charge in [0.15, 0.2) is 5.65 Å². The summed E-state index contributed by atoms with van der Waals surface area (Å²) in [5, 5.41) is 12.0. The van der Waals surface area contributed by atoms with Gasteiger partial charge in [-0.1, -0.05) is 36.4 Å². The average Bonchev–Trinajstić information content (AvgIpc) is 3.46. The van der Waals surface area contributed by atoms with Crippen LogP contribution in [0.15, 0.2) is 55.0 Å². The number of aromatic nitrogens is 4. The molecule has 0 radical (unpaired) electrons. The third-order valence-electron chi connectivity index (χ3n) is 5.70. The minimum atomic E-state index is 0.673. The third kappa shape index (κ3) is 3.96. The van der Waals surface area contributed by atoms with Crippen LogP contribution in [0.5, 0.6) is 5.75 Å². The maximum absolute atomic E-state index is 5.68. The van der Waals surface area contributed by atoms with E-state index in [0.29, 0.717) is 6.54 Å². The quantitative estimate of drug-likeness (QED) is 0.500. The molecule has 0 saturated heterocycles. The van der Waals surface area contributed by atoms with Gasteiger partial charge in [0.25, 0.3) is 0 Å². The zero-order valence-corrected chi connectivity index (χ0v) is 17.9. The lowest BCUT2D eigenvalue weighted by Gasteiger charge is -2.13. The Hall–Kier alpha value is -3.45. The number of benzene rings is 2. The molecule has 7 nitrogen and oxygen atoms in total. The first-order chi connectivity index (χ1) is 15.2. The summed E-state index contributed by atoms with van der Waals surface area (Å²) < 4.78 is 7.60. The predicted octanol–water partition coefficient (Wildman–Crippen LogP) is 3.44. The lowest BCUT2D eigenvalue weighted by atomic mass is 10.0. The van der Waals surface area contributed by atoms with Crippen LogP contribution in [0, 0.1) is 0 Å². The molecule has 0 amide bonds. The molecule has 2 aromatic heterocycles. The largest absolute Gasteiger partial charge is 0.493 e. The average molecular weight is 415 g/mol. The SMILES string of the molecule is CN(C)CCc1cccc(-c2cnc(NCc3cccc4c3CCO4)n3cnnc23)c1. The molecule has 1 N–H and O–H groups in total. The topological polar surface area (TPSA) is 67.6 Å². The first kappa shape index (κ1) is 19.5. The fourth-order valence-corrected chi connectivity index (χ4v) is 4.03. The van der Waals surface area contributed by atoms with Crippen LogP contribution in [-0.2, 0) is 19.4 Å². The van der Waals surface area contributed by atoms with Crippen LogP contribution in [0.3, 0.4) is 0 Å². The van der Waals surface area contributed by atoms with Crippen molar-refractivity contribution in [3.8, 4) is 16.9 Å². The monoisotopic (exact) mass is 414 g/mol. The molecule has 7 heteroatoms. The summed E-state index contributed by atoms with van der Waals surface area (Å²) in [5.74, 6) is 1.72. The van der Waals surface area contributed by atoms with Gasteiger partial charge in [-0.15, -0.1) is 10.2 Å². The van der Waals surface area contributed by atoms with Crippen molar-refractivity contribution in [1.29, 1.82) is 0 Å². The van der Waals surface area contributed by atoms with Gasteiger partial charge < -0.3 is 15.0 Å². The number of ether oxygens (including phenoxy) is 1. The van der Waals surface area contributed by atoms with Crippen molar-refractivity contribution in [2.75, 3.05) is 32.6 Å². The molecule has 31 heavy (non-hydrogen) atoms. The van der Waals surface area contributed by atoms with Gasteiger partial charge in [0.2, 0.25) is 5.95 Å². The van der Waals surface area contributed by atoms with Gasteiger partial charge in [-0.25, -0.2) is 4.98 Å². The second-order valence-corrected chi connectivity index (χ2v) is 8.12. The molecule has 4 aromatic rings. The summed E-state index contributed by atoms with van der Waals surface area (Å²) in [6.07, 6.45) is 5.55. The zero-order chi connectivity index (χ0) is 21.2. The van der Waals surface area contributed by atoms with Gasteiger partial charge >= 0.3 is 0 Å². The Bertz CT molecular complexity index is 1220. The fourth-order valence-electron chi connectivity index (χ4n) is 4.03. The molecule has 0 saturated carbocycles. The maximum Gasteiger partial charge on any atom is 0.210 e. The number of fused-ring (bicyclic) bond motifs is 2. The van der Waals surface area contributed by atoms with Crippen molar-refractivity contribution < 1.29 is 4.74 Å². The number of anilines is 1. The van der Waals surface area contributed by atoms with Gasteiger partial charge in [0.1, 0.15) is 12.1 Å². The smallest absolute Gasteiger partial charge is 0.210 e. The van der Waals surface area contributed by atoms with E-state index in [2.05, 4.69) is 64.8 Å². The lowest BCUT2D eigenvalue weighted by Crippen LogP contribution is -2.15. The van der Waals surface area contributed by atoms with Gasteiger partial charge in [-0.3, -0.25) is 4.40 Å². The Morgan fingerprint density at radius 3 is 2.97 bits per heavy atom. The van der Waals surface area contributed by atoms with Crippen LogP contribution >= 0.6 is 0 Å². The molecule has 1 aliphatic rings. The van der Waals surface area contributed by atoms with Crippen molar-refractivity contribution >= 4 is 11.6 Å². The molecule has 0 atom stereocenters. The summed E-state index contributed by atoms with van der Waals surface area (Å²) >= 11 is 0. The van der Waals surface area contributed by atoms with E-state index in [1.807, 2.05) is 22.7 Å². The molecule has 1 aliphatic heterocycles. The van der Waals surface area contributed by atoms with Crippen LogP contribution < -0.4 is 10.1 Å². The number of hydrogen-bond donors (Lipinski definition) is 1. The second-order valence-electron chi connectivity index (χ2n) is 8.12. The second kappa shape index (κ2) is 8.35. The molecule has 0 spiro atoms. The third-order valence-corrected chi connectivity index (χ3v) is 5.70. The minimum absolute atomic E-state index is 0.673. The van der Waals surface area contributed by atoms with Gasteiger partial charge in [-0.2, -0.15) is 0 Å². The summed E-state index contributed by atoms with van der Waals surface area (Å²) in [6, 6.07) is 14.8. The van der Waals surface area contributed by atoms with Gasteiger partial charge in [-0.05, 0) is 43.3 Å². The molecule has 0 fully saturated rings. The molecule has 0 aliphatic carbocycles. The standard InChI is InChI=1S/C24H26N6O/c1-29(2)11-9-17-5-3-6-18(13-17)21-15-26-24(30-16-27-28-23(21)30)25-14-19-7-4-8-22-20(19)10-12-31-22/h3-8,13,15-16H,9-12,14H2,1-2H3,(H,25,26). The molecule has 0 unspecified atom stereocenters. The van der Waals surface area contributed by atoms with Gasteiger partial charge in [0, 0.05) is 36.8 Å². The normalized spacial score (nSPS) is 12.9. The highest BCUT2D eigenvalue weighted by atomic mass is 16.5. The fraction of sp³-hybridized carbons (Fsp3) is 0.292. The summed E-state index contributed by atoms with van der Waals surface area (Å²) in [4.78, 5) is 6.89. The summed E-state index contributed by atoms with van der Waals surface area (Å²) in [7, 11) is 4.19. The van der Waals surface area contributed by atoms with E-state index < -0.39 is 0 Å². The number of rotatable bonds is 7. The van der Waals surface area contributed by atoms with E-state index in [-0.39, 0.29) is 0 Å². The molecule has 2 aromatic carbocycles. The van der Waals surface area contributed by atoms with E-state index in [9.17, 15) is 0 Å². The van der Waals surface area contributed by atoms with Crippen molar-refractivity contribution in [3.05, 3.63) is 71.7 Å². The molecule has 3 heterocycles. The van der Waals surface area contributed by atoms with Crippen molar-refractivity contribution in [2.24, 2.45) is 0 Å². The first-order valence-electron chi connectivity index (χ1n) is 10.6. The van der Waals surface area contributed by atoms with E-state index in [1.165, 1.54) is 16.7 Å². The Labute approximate surface area is 181 Å². The maximum atomic E-state index is 5.68. The number of likely N-dealkylation sites (N-methyl/N-ethyl adjacent to an activating group) is 1. The minimum Gasteiger partial charge on any atom is -0.493 e. The zero-order valence-electron chi connectivity index (χ0n) is 17.9. The van der Waals surface area contributed by atoms with Crippen LogP contribution in [0.4, 0.5) is 5.95 Å². The van der Waals surface area contributed by atoms with E-state index in [1.54, 1.807) is 6.33 Å². The molecule has 158 valence electrons. The number of hydrogen-bond acceptors (Lipinski definition) is 6. The first-order valence-corrected chi connectivity index (χ1v) is 10.6. The Morgan fingerprint density at radius 2 is 2.06 bits per heavy atom. The summed E-state index contributed by atoms with van der Waals surface area (Å²) in [6.45, 7) is 2.44. The van der Waals surface area contributed by atoms with E-state index in [4.69, 9.17) is 9.72 Å². The number of nitrogens with zero attached hydrogens (tertiary/aromatic N) is 5. The van der Waals surface area contributed by atoms with Crippen molar-refractivity contribution in [2.45, 2.75) is 19.4 Å². The van der Waals surface area contributed by atoms with Crippen LogP contribution in [-0.4, -0.2) is 51.7 Å². The van der Waals surface area contributed by atoms with Crippen molar-refractivity contribution in [3.63, 3.8) is 0 Å². The molecular weight excluding hydrogens is 388 g/mol. The van der Waals surface area contributed by atoms with Crippen molar-refractivity contribution in [1.82, 2.24) is 24.5 Å². The Balaban J connectivity index is 1.41. The molecule has 5 rings (SSSR count). The lowest BCUT2D eigenvalue weighted by molar-refractivity contribution is 0.357. The Morgan fingerprint density at radius 1 is 1.16 bits per heavy atom. The highest BCUT2D eigenvalue weighted by molar-refractivity contribution is 5.77. The van der Waals surface area contributed by atoms with Crippen LogP contribution in [0.1, 0.15) is 16.7 Å². The predicted molar refractivity (Wildman–Crippen MR) is 121 cm³/mol. The number of nitrogens with one attached hydrogen (secondary N) is 1. The van der Waals surface area contributed by atoms with E-state index >= 15 is 0 Å². The van der Waals surface area contributed by atoms with Gasteiger partial charge in [0.05, 0.1) is 6.61 Å². The summed E-state index contributed by atoms with van der Waals surface area (Å²) in [5.41, 5.74) is 6.68. The molecule has 0 bridgehead atoms. The highest BCUT2D eigenvalue weighted by Gasteiger charge is 2.16. The van der Waals surface area contributed by atoms with Crippen LogP contribution in [0.25, 0.3) is 16.8 Å². The molecular formula is C24H26N6O.